The summed E-state index contributed by atoms with van der Waals surface area (Å²) in [6.45, 7) is 0. The van der Waals surface area contributed by atoms with Gasteiger partial charge in [0.05, 0.1) is 13.0 Å². The smallest absolute Gasteiger partial charge is 0.309 e. The molecule has 5 atom stereocenters. The van der Waals surface area contributed by atoms with Gasteiger partial charge in [0.2, 0.25) is 0 Å². The molecule has 0 heterocycles. The number of nitrogens with two attached hydrogens (primary N) is 1. The fourth-order valence-electron chi connectivity index (χ4n) is 4.13. The topological polar surface area (TPSA) is 52.3 Å². The second-order valence-electron chi connectivity index (χ2n) is 6.02. The summed E-state index contributed by atoms with van der Waals surface area (Å²) in [6.07, 6.45) is 3.23. The van der Waals surface area contributed by atoms with Gasteiger partial charge in [0, 0.05) is 9.61 Å². The van der Waals surface area contributed by atoms with Gasteiger partial charge in [-0.3, -0.25) is 4.79 Å². The first kappa shape index (κ1) is 14.3. The summed E-state index contributed by atoms with van der Waals surface area (Å²) >= 11 is 2.31. The number of ether oxygens (including phenoxy) is 1. The molecule has 3 nitrogen and oxygen atoms in total. The van der Waals surface area contributed by atoms with Crippen molar-refractivity contribution in [2.24, 2.45) is 23.5 Å². The number of fused-ring (bicyclic) bond motifs is 2. The fraction of sp³-hybridized carbons (Fsp3) is 0.562. The van der Waals surface area contributed by atoms with Crippen LogP contribution in [0.25, 0.3) is 0 Å². The van der Waals surface area contributed by atoms with Crippen LogP contribution in [-0.4, -0.2) is 19.1 Å². The molecule has 3 unspecified atom stereocenters. The Kier molecular flexibility index (Phi) is 4.04. The second-order valence-corrected chi connectivity index (χ2v) is 7.27. The van der Waals surface area contributed by atoms with Crippen molar-refractivity contribution < 1.29 is 9.53 Å². The molecular formula is C16H20INO2. The summed E-state index contributed by atoms with van der Waals surface area (Å²) in [5.74, 6) is 0.940. The van der Waals surface area contributed by atoms with Crippen LogP contribution in [0.15, 0.2) is 24.3 Å². The predicted octanol–water partition coefficient (Wildman–Crippen LogP) is 2.92. The van der Waals surface area contributed by atoms with Gasteiger partial charge in [-0.1, -0.05) is 12.1 Å². The van der Waals surface area contributed by atoms with E-state index in [1.807, 2.05) is 0 Å². The summed E-state index contributed by atoms with van der Waals surface area (Å²) < 4.78 is 6.29. The maximum Gasteiger partial charge on any atom is 0.309 e. The number of hydrogen-bond acceptors (Lipinski definition) is 3. The van der Waals surface area contributed by atoms with Gasteiger partial charge in [-0.25, -0.2) is 0 Å². The second kappa shape index (κ2) is 5.64. The van der Waals surface area contributed by atoms with Crippen LogP contribution in [0.2, 0.25) is 0 Å². The average Bonchev–Trinajstić information content (AvgIpc) is 2.70. The van der Waals surface area contributed by atoms with Gasteiger partial charge in [0.25, 0.3) is 0 Å². The molecule has 2 fully saturated rings. The molecule has 0 saturated heterocycles. The number of methoxy groups -OCH3 is 1. The maximum atomic E-state index is 12.3. The Balaban J connectivity index is 1.95. The van der Waals surface area contributed by atoms with Gasteiger partial charge < -0.3 is 10.5 Å². The summed E-state index contributed by atoms with van der Waals surface area (Å²) in [4.78, 5) is 12.3. The van der Waals surface area contributed by atoms with E-state index >= 15 is 0 Å². The van der Waals surface area contributed by atoms with E-state index in [1.165, 1.54) is 16.2 Å². The highest BCUT2D eigenvalue weighted by Gasteiger charge is 2.50. The molecule has 0 radical (unpaired) electrons. The number of rotatable bonds is 2. The summed E-state index contributed by atoms with van der Waals surface area (Å²) in [6, 6.07) is 8.69. The molecule has 0 aliphatic heterocycles. The molecule has 0 aromatic heterocycles. The lowest BCUT2D eigenvalue weighted by molar-refractivity contribution is -0.149. The molecule has 3 rings (SSSR count). The lowest BCUT2D eigenvalue weighted by Crippen LogP contribution is -2.46. The highest BCUT2D eigenvalue weighted by Crippen LogP contribution is 2.51. The molecule has 2 aliphatic rings. The van der Waals surface area contributed by atoms with Crippen LogP contribution in [0, 0.1) is 21.3 Å². The number of carbonyl (C=O) groups excluding carboxylic acids is 1. The van der Waals surface area contributed by atoms with Gasteiger partial charge in [-0.2, -0.15) is 0 Å². The number of carbonyl (C=O) groups is 1. The monoisotopic (exact) mass is 385 g/mol. The first-order valence-electron chi connectivity index (χ1n) is 7.20. The van der Waals surface area contributed by atoms with Crippen LogP contribution < -0.4 is 5.73 Å². The molecule has 4 heteroatoms. The van der Waals surface area contributed by atoms with Gasteiger partial charge in [-0.05, 0) is 77.3 Å². The van der Waals surface area contributed by atoms with E-state index in [-0.39, 0.29) is 29.8 Å². The minimum atomic E-state index is -0.0886. The van der Waals surface area contributed by atoms with Crippen molar-refractivity contribution in [3.63, 3.8) is 0 Å². The standard InChI is InChI=1S/C16H20INO2/c1-20-16(19)14-12-7-4-10(15(12)18)8-13(14)9-2-5-11(17)6-3-9/h2-3,5-6,10,12-15H,4,7-8,18H2,1H3/t10?,12?,13-,14?,15+/m1/s1. The third kappa shape index (κ3) is 2.37. The highest BCUT2D eigenvalue weighted by atomic mass is 127. The minimum Gasteiger partial charge on any atom is -0.469 e. The molecule has 2 saturated carbocycles. The molecule has 2 aliphatic carbocycles. The lowest BCUT2D eigenvalue weighted by Gasteiger charge is -2.39. The zero-order valence-corrected chi connectivity index (χ0v) is 13.7. The van der Waals surface area contributed by atoms with Crippen molar-refractivity contribution in [2.45, 2.75) is 31.2 Å². The fourth-order valence-corrected chi connectivity index (χ4v) is 4.49. The molecule has 0 spiro atoms. The number of benzene rings is 1. The van der Waals surface area contributed by atoms with Crippen molar-refractivity contribution in [3.8, 4) is 0 Å². The van der Waals surface area contributed by atoms with Crippen molar-refractivity contribution in [1.82, 2.24) is 0 Å². The molecule has 1 aromatic carbocycles. The van der Waals surface area contributed by atoms with Gasteiger partial charge in [0.15, 0.2) is 0 Å². The highest BCUT2D eigenvalue weighted by molar-refractivity contribution is 14.1. The Labute approximate surface area is 133 Å². The largest absolute Gasteiger partial charge is 0.469 e. The van der Waals surface area contributed by atoms with E-state index in [1.54, 1.807) is 0 Å². The third-order valence-electron chi connectivity index (χ3n) is 5.13. The predicted molar refractivity (Wildman–Crippen MR) is 86.2 cm³/mol. The van der Waals surface area contributed by atoms with Crippen molar-refractivity contribution in [1.29, 1.82) is 0 Å². The Morgan fingerprint density at radius 1 is 1.30 bits per heavy atom. The van der Waals surface area contributed by atoms with Gasteiger partial charge in [0.1, 0.15) is 0 Å². The van der Waals surface area contributed by atoms with Crippen LogP contribution in [0.5, 0.6) is 0 Å². The van der Waals surface area contributed by atoms with E-state index in [0.29, 0.717) is 5.92 Å². The normalized spacial score (nSPS) is 35.9. The van der Waals surface area contributed by atoms with E-state index in [2.05, 4.69) is 46.9 Å². The molecule has 2 bridgehead atoms. The summed E-state index contributed by atoms with van der Waals surface area (Å²) in [5, 5.41) is 0. The Bertz CT molecular complexity index is 502. The first-order valence-corrected chi connectivity index (χ1v) is 8.28. The van der Waals surface area contributed by atoms with Crippen LogP contribution in [0.3, 0.4) is 0 Å². The van der Waals surface area contributed by atoms with Crippen LogP contribution in [0.1, 0.15) is 30.7 Å². The van der Waals surface area contributed by atoms with Crippen molar-refractivity contribution in [2.75, 3.05) is 7.11 Å². The third-order valence-corrected chi connectivity index (χ3v) is 5.85. The van der Waals surface area contributed by atoms with E-state index < -0.39 is 0 Å². The Morgan fingerprint density at radius 3 is 2.65 bits per heavy atom. The van der Waals surface area contributed by atoms with Gasteiger partial charge in [-0.15, -0.1) is 0 Å². The molecular weight excluding hydrogens is 365 g/mol. The zero-order valence-electron chi connectivity index (χ0n) is 11.6. The summed E-state index contributed by atoms with van der Waals surface area (Å²) in [7, 11) is 1.49. The minimum absolute atomic E-state index is 0.0752. The van der Waals surface area contributed by atoms with Crippen molar-refractivity contribution in [3.05, 3.63) is 33.4 Å². The SMILES string of the molecule is COC(=O)C1C2CCC(C[C@@H]1c1ccc(I)cc1)[C@@H]2N. The van der Waals surface area contributed by atoms with Crippen molar-refractivity contribution >= 4 is 28.6 Å². The van der Waals surface area contributed by atoms with E-state index in [9.17, 15) is 4.79 Å². The number of hydrogen-bond donors (Lipinski definition) is 1. The number of halogens is 1. The molecule has 0 amide bonds. The maximum absolute atomic E-state index is 12.3. The Hall–Kier alpha value is -0.620. The number of esters is 1. The summed E-state index contributed by atoms with van der Waals surface area (Å²) in [5.41, 5.74) is 7.58. The lowest BCUT2D eigenvalue weighted by atomic mass is 9.67. The molecule has 2 N–H and O–H groups in total. The van der Waals surface area contributed by atoms with E-state index in [4.69, 9.17) is 10.5 Å². The van der Waals surface area contributed by atoms with Gasteiger partial charge >= 0.3 is 5.97 Å². The molecule has 108 valence electrons. The zero-order chi connectivity index (χ0) is 14.3. The van der Waals surface area contributed by atoms with Crippen LogP contribution in [0.4, 0.5) is 0 Å². The quantitative estimate of drug-likeness (QED) is 0.629. The van der Waals surface area contributed by atoms with Crippen LogP contribution >= 0.6 is 22.6 Å². The molecule has 20 heavy (non-hydrogen) atoms. The average molecular weight is 385 g/mol. The molecule has 1 aromatic rings. The van der Waals surface area contributed by atoms with E-state index in [0.717, 1.165) is 19.3 Å². The Morgan fingerprint density at radius 2 is 2.00 bits per heavy atom. The van der Waals surface area contributed by atoms with Crippen LogP contribution in [-0.2, 0) is 9.53 Å². The first-order chi connectivity index (χ1) is 9.61.